The first-order valence-corrected chi connectivity index (χ1v) is 7.21. The van der Waals surface area contributed by atoms with E-state index in [0.29, 0.717) is 5.46 Å². The predicted octanol–water partition coefficient (Wildman–Crippen LogP) is 1.47. The molecule has 9 heteroatoms. The van der Waals surface area contributed by atoms with Crippen molar-refractivity contribution in [3.05, 3.63) is 40.8 Å². The van der Waals surface area contributed by atoms with Gasteiger partial charge in [0.15, 0.2) is 0 Å². The molecule has 0 radical (unpaired) electrons. The summed E-state index contributed by atoms with van der Waals surface area (Å²) in [5, 5.41) is 15.4. The van der Waals surface area contributed by atoms with Crippen molar-refractivity contribution in [2.24, 2.45) is 0 Å². The molecule has 3 rings (SSSR count). The maximum absolute atomic E-state index is 11.4. The highest BCUT2D eigenvalue weighted by atomic mass is 16.7. The Morgan fingerprint density at radius 3 is 2.43 bits per heavy atom. The van der Waals surface area contributed by atoms with Crippen molar-refractivity contribution >= 4 is 18.3 Å². The van der Waals surface area contributed by atoms with Crippen LogP contribution in [0.2, 0.25) is 0 Å². The lowest BCUT2D eigenvalue weighted by molar-refractivity contribution is -0.384. The molecular weight excluding hydrogens is 299 g/mol. The molecule has 1 saturated heterocycles. The third kappa shape index (κ3) is 2.62. The van der Waals surface area contributed by atoms with Gasteiger partial charge in [-0.05, 0) is 33.8 Å². The van der Waals surface area contributed by atoms with E-state index < -0.39 is 23.2 Å². The molecule has 0 unspecified atom stereocenters. The van der Waals surface area contributed by atoms with Crippen LogP contribution in [0.5, 0.6) is 0 Å². The Morgan fingerprint density at radius 2 is 1.91 bits per heavy atom. The summed E-state index contributed by atoms with van der Waals surface area (Å²) < 4.78 is 13.2. The number of aromatic nitrogens is 3. The van der Waals surface area contributed by atoms with Crippen molar-refractivity contribution < 1.29 is 14.2 Å². The van der Waals surface area contributed by atoms with Crippen LogP contribution in [0.3, 0.4) is 0 Å². The lowest BCUT2D eigenvalue weighted by Crippen LogP contribution is -2.41. The number of hydrogen-bond donors (Lipinski definition) is 0. The van der Waals surface area contributed by atoms with Crippen LogP contribution in [-0.4, -0.2) is 38.0 Å². The molecular formula is C14H17BN4O4. The molecule has 23 heavy (non-hydrogen) atoms. The molecule has 3 heterocycles. The second kappa shape index (κ2) is 5.14. The molecule has 0 bridgehead atoms. The van der Waals surface area contributed by atoms with Gasteiger partial charge in [-0.25, -0.2) is 9.67 Å². The van der Waals surface area contributed by atoms with E-state index >= 15 is 0 Å². The second-order valence-corrected chi connectivity index (χ2v) is 6.41. The zero-order chi connectivity index (χ0) is 16.8. The zero-order valence-corrected chi connectivity index (χ0v) is 13.4. The van der Waals surface area contributed by atoms with Gasteiger partial charge in [0.05, 0.1) is 16.1 Å². The highest BCUT2D eigenvalue weighted by molar-refractivity contribution is 6.62. The molecule has 2 aromatic heterocycles. The first-order valence-electron chi connectivity index (χ1n) is 7.21. The van der Waals surface area contributed by atoms with Crippen LogP contribution in [0.15, 0.2) is 30.7 Å². The van der Waals surface area contributed by atoms with Gasteiger partial charge in [0.25, 0.3) is 0 Å². The fraction of sp³-hybridized carbons (Fsp3) is 0.429. The van der Waals surface area contributed by atoms with Gasteiger partial charge in [-0.1, -0.05) is 0 Å². The van der Waals surface area contributed by atoms with Crippen LogP contribution < -0.4 is 5.46 Å². The number of nitro groups is 1. The standard InChI is InChI=1S/C14H17BN4O4/c1-13(2)14(3,4)23-15(22-13)10-8-11(19(20)21)12(16-9-10)18-7-5-6-17-18/h5-9H,1-4H3. The lowest BCUT2D eigenvalue weighted by atomic mass is 9.80. The molecule has 0 aromatic carbocycles. The second-order valence-electron chi connectivity index (χ2n) is 6.41. The molecule has 1 aliphatic rings. The summed E-state index contributed by atoms with van der Waals surface area (Å²) >= 11 is 0. The Balaban J connectivity index is 2.00. The molecule has 0 amide bonds. The van der Waals surface area contributed by atoms with E-state index in [1.165, 1.54) is 23.1 Å². The number of hydrogen-bond acceptors (Lipinski definition) is 6. The third-order valence-corrected chi connectivity index (χ3v) is 4.31. The topological polar surface area (TPSA) is 92.3 Å². The molecule has 1 aliphatic heterocycles. The number of pyridine rings is 1. The van der Waals surface area contributed by atoms with E-state index in [2.05, 4.69) is 10.1 Å². The van der Waals surface area contributed by atoms with Gasteiger partial charge in [0.2, 0.25) is 5.82 Å². The van der Waals surface area contributed by atoms with Crippen LogP contribution in [0.25, 0.3) is 5.82 Å². The minimum Gasteiger partial charge on any atom is -0.399 e. The van der Waals surface area contributed by atoms with E-state index in [1.807, 2.05) is 27.7 Å². The van der Waals surface area contributed by atoms with E-state index in [1.54, 1.807) is 12.3 Å². The average Bonchev–Trinajstić information content (AvgIpc) is 3.05. The summed E-state index contributed by atoms with van der Waals surface area (Å²) in [4.78, 5) is 15.1. The average molecular weight is 316 g/mol. The summed E-state index contributed by atoms with van der Waals surface area (Å²) in [5.74, 6) is 0.153. The van der Waals surface area contributed by atoms with E-state index in [9.17, 15) is 10.1 Å². The van der Waals surface area contributed by atoms with Crippen LogP contribution in [0, 0.1) is 10.1 Å². The molecule has 1 fully saturated rings. The van der Waals surface area contributed by atoms with Gasteiger partial charge < -0.3 is 9.31 Å². The Labute approximate surface area is 133 Å². The van der Waals surface area contributed by atoms with Gasteiger partial charge in [-0.2, -0.15) is 5.10 Å². The predicted molar refractivity (Wildman–Crippen MR) is 83.7 cm³/mol. The first kappa shape index (κ1) is 15.6. The van der Waals surface area contributed by atoms with Crippen LogP contribution in [-0.2, 0) is 9.31 Å². The molecule has 0 spiro atoms. The minimum atomic E-state index is -0.696. The largest absolute Gasteiger partial charge is 0.496 e. The summed E-state index contributed by atoms with van der Waals surface area (Å²) in [7, 11) is -0.696. The van der Waals surface area contributed by atoms with Crippen molar-refractivity contribution in [2.45, 2.75) is 38.9 Å². The Bertz CT molecular complexity index is 729. The Hall–Kier alpha value is -2.26. The van der Waals surface area contributed by atoms with Crippen molar-refractivity contribution in [1.82, 2.24) is 14.8 Å². The highest BCUT2D eigenvalue weighted by Crippen LogP contribution is 2.36. The Morgan fingerprint density at radius 1 is 1.26 bits per heavy atom. The van der Waals surface area contributed by atoms with Crippen molar-refractivity contribution in [3.8, 4) is 5.82 Å². The SMILES string of the molecule is CC1(C)OB(c2cnc(-n3cccn3)c([N+](=O)[O-])c2)OC1(C)C. The van der Waals surface area contributed by atoms with Gasteiger partial charge in [-0.3, -0.25) is 10.1 Å². The van der Waals surface area contributed by atoms with Gasteiger partial charge in [-0.15, -0.1) is 0 Å². The van der Waals surface area contributed by atoms with Crippen molar-refractivity contribution in [2.75, 3.05) is 0 Å². The summed E-state index contributed by atoms with van der Waals surface area (Å²) in [6.07, 6.45) is 4.66. The van der Waals surface area contributed by atoms with Gasteiger partial charge >= 0.3 is 12.8 Å². The highest BCUT2D eigenvalue weighted by Gasteiger charge is 2.52. The van der Waals surface area contributed by atoms with Gasteiger partial charge in [0.1, 0.15) is 0 Å². The molecule has 0 aliphatic carbocycles. The van der Waals surface area contributed by atoms with Crippen LogP contribution in [0.1, 0.15) is 27.7 Å². The monoisotopic (exact) mass is 316 g/mol. The summed E-state index contributed by atoms with van der Waals surface area (Å²) in [6.45, 7) is 7.69. The normalized spacial score (nSPS) is 19.0. The summed E-state index contributed by atoms with van der Waals surface area (Å²) in [5.41, 5.74) is -0.688. The third-order valence-electron chi connectivity index (χ3n) is 4.31. The number of rotatable bonds is 3. The molecule has 0 N–H and O–H groups in total. The maximum atomic E-state index is 11.4. The molecule has 2 aromatic rings. The van der Waals surface area contributed by atoms with Crippen molar-refractivity contribution in [1.29, 1.82) is 0 Å². The molecule has 0 atom stereocenters. The Kier molecular flexibility index (Phi) is 3.49. The molecule has 0 saturated carbocycles. The smallest absolute Gasteiger partial charge is 0.399 e. The quantitative estimate of drug-likeness (QED) is 0.484. The molecule has 120 valence electrons. The first-order chi connectivity index (χ1) is 10.7. The van der Waals surface area contributed by atoms with Crippen LogP contribution >= 0.6 is 0 Å². The fourth-order valence-corrected chi connectivity index (χ4v) is 2.27. The van der Waals surface area contributed by atoms with Crippen molar-refractivity contribution in [3.63, 3.8) is 0 Å². The zero-order valence-electron chi connectivity index (χ0n) is 13.4. The fourth-order valence-electron chi connectivity index (χ4n) is 2.27. The van der Waals surface area contributed by atoms with E-state index in [-0.39, 0.29) is 11.5 Å². The van der Waals surface area contributed by atoms with E-state index in [0.717, 1.165) is 0 Å². The minimum absolute atomic E-state index is 0.152. The lowest BCUT2D eigenvalue weighted by Gasteiger charge is -2.32. The maximum Gasteiger partial charge on any atom is 0.496 e. The van der Waals surface area contributed by atoms with Gasteiger partial charge in [0, 0.05) is 30.1 Å². The van der Waals surface area contributed by atoms with E-state index in [4.69, 9.17) is 9.31 Å². The summed E-state index contributed by atoms with van der Waals surface area (Å²) in [6, 6.07) is 3.10. The number of nitrogens with zero attached hydrogens (tertiary/aromatic N) is 4. The molecule has 8 nitrogen and oxygen atoms in total. The van der Waals surface area contributed by atoms with Crippen LogP contribution in [0.4, 0.5) is 5.69 Å².